The highest BCUT2D eigenvalue weighted by atomic mass is 16.5. The van der Waals surface area contributed by atoms with Gasteiger partial charge in [0.2, 0.25) is 0 Å². The number of ether oxygens (including phenoxy) is 1. The fourth-order valence-electron chi connectivity index (χ4n) is 2.67. The third-order valence-corrected chi connectivity index (χ3v) is 3.80. The van der Waals surface area contributed by atoms with Crippen LogP contribution in [0.25, 0.3) is 0 Å². The zero-order valence-electron chi connectivity index (χ0n) is 11.7. The molecule has 0 bridgehead atoms. The average molecular weight is 272 g/mol. The number of benzene rings is 1. The van der Waals surface area contributed by atoms with Crippen LogP contribution in [0.3, 0.4) is 0 Å². The predicted molar refractivity (Wildman–Crippen MR) is 77.2 cm³/mol. The van der Waals surface area contributed by atoms with E-state index in [-0.39, 0.29) is 6.04 Å². The molecule has 0 saturated carbocycles. The summed E-state index contributed by atoms with van der Waals surface area (Å²) in [6, 6.07) is 6.60. The molecule has 1 aromatic heterocycles. The number of nitrogens with zero attached hydrogens (tertiary/aromatic N) is 2. The van der Waals surface area contributed by atoms with Gasteiger partial charge in [-0.05, 0) is 30.0 Å². The van der Waals surface area contributed by atoms with E-state index >= 15 is 0 Å². The summed E-state index contributed by atoms with van der Waals surface area (Å²) >= 11 is 0. The van der Waals surface area contributed by atoms with E-state index in [2.05, 4.69) is 28.7 Å². The smallest absolute Gasteiger partial charge is 0.122 e. The SMILES string of the molecule is Cn1cc(C(CCc2ccc3c(c2)CCO3)NN)cn1. The molecule has 2 aromatic rings. The summed E-state index contributed by atoms with van der Waals surface area (Å²) in [4.78, 5) is 0. The van der Waals surface area contributed by atoms with Gasteiger partial charge in [-0.1, -0.05) is 12.1 Å². The van der Waals surface area contributed by atoms with Crippen LogP contribution in [0.5, 0.6) is 5.75 Å². The van der Waals surface area contributed by atoms with E-state index in [9.17, 15) is 0 Å². The summed E-state index contributed by atoms with van der Waals surface area (Å²) in [7, 11) is 1.91. The predicted octanol–water partition coefficient (Wildman–Crippen LogP) is 1.49. The summed E-state index contributed by atoms with van der Waals surface area (Å²) in [6.07, 6.45) is 6.81. The lowest BCUT2D eigenvalue weighted by Crippen LogP contribution is -2.28. The summed E-state index contributed by atoms with van der Waals surface area (Å²) < 4.78 is 7.33. The molecular weight excluding hydrogens is 252 g/mol. The second-order valence-corrected chi connectivity index (χ2v) is 5.25. The minimum Gasteiger partial charge on any atom is -0.493 e. The minimum atomic E-state index is 0.133. The molecule has 20 heavy (non-hydrogen) atoms. The lowest BCUT2D eigenvalue weighted by Gasteiger charge is -2.14. The number of aryl methyl sites for hydroxylation is 2. The number of hydrazine groups is 1. The first kappa shape index (κ1) is 13.1. The number of hydrogen-bond acceptors (Lipinski definition) is 4. The zero-order chi connectivity index (χ0) is 13.9. The molecule has 2 heterocycles. The number of hydrogen-bond donors (Lipinski definition) is 2. The molecule has 5 heteroatoms. The van der Waals surface area contributed by atoms with E-state index in [1.54, 1.807) is 4.68 Å². The van der Waals surface area contributed by atoms with Crippen molar-refractivity contribution in [2.24, 2.45) is 12.9 Å². The molecular formula is C15H20N4O. The van der Waals surface area contributed by atoms with Crippen LogP contribution < -0.4 is 16.0 Å². The third-order valence-electron chi connectivity index (χ3n) is 3.80. The number of nitrogens with two attached hydrogens (primary N) is 1. The fourth-order valence-corrected chi connectivity index (χ4v) is 2.67. The molecule has 5 nitrogen and oxygen atoms in total. The molecule has 1 aliphatic rings. The molecule has 0 amide bonds. The maximum Gasteiger partial charge on any atom is 0.122 e. The van der Waals surface area contributed by atoms with Crippen LogP contribution in [0.4, 0.5) is 0 Å². The van der Waals surface area contributed by atoms with Crippen molar-refractivity contribution in [1.82, 2.24) is 15.2 Å². The molecule has 3 rings (SSSR count). The van der Waals surface area contributed by atoms with Crippen molar-refractivity contribution in [3.05, 3.63) is 47.3 Å². The van der Waals surface area contributed by atoms with E-state index in [1.807, 2.05) is 19.4 Å². The summed E-state index contributed by atoms with van der Waals surface area (Å²) in [5.41, 5.74) is 6.65. The largest absolute Gasteiger partial charge is 0.493 e. The van der Waals surface area contributed by atoms with Crippen molar-refractivity contribution < 1.29 is 4.74 Å². The lowest BCUT2D eigenvalue weighted by molar-refractivity contribution is 0.357. The first-order valence-corrected chi connectivity index (χ1v) is 6.95. The van der Waals surface area contributed by atoms with Crippen molar-refractivity contribution in [3.8, 4) is 5.75 Å². The molecule has 0 saturated heterocycles. The highest BCUT2D eigenvalue weighted by Crippen LogP contribution is 2.27. The van der Waals surface area contributed by atoms with Crippen LogP contribution in [0.1, 0.15) is 29.2 Å². The van der Waals surface area contributed by atoms with Crippen molar-refractivity contribution in [2.75, 3.05) is 6.61 Å². The molecule has 3 N–H and O–H groups in total. The Morgan fingerprint density at radius 2 is 2.40 bits per heavy atom. The van der Waals surface area contributed by atoms with Gasteiger partial charge in [0.15, 0.2) is 0 Å². The Kier molecular flexibility index (Phi) is 3.71. The first-order valence-electron chi connectivity index (χ1n) is 6.95. The van der Waals surface area contributed by atoms with Gasteiger partial charge in [0.25, 0.3) is 0 Å². The van der Waals surface area contributed by atoms with E-state index in [4.69, 9.17) is 10.6 Å². The Morgan fingerprint density at radius 3 is 3.15 bits per heavy atom. The van der Waals surface area contributed by atoms with Gasteiger partial charge in [-0.3, -0.25) is 16.0 Å². The normalized spacial score (nSPS) is 14.9. The van der Waals surface area contributed by atoms with Gasteiger partial charge in [0, 0.05) is 31.3 Å². The maximum atomic E-state index is 5.66. The number of aromatic nitrogens is 2. The Balaban J connectivity index is 1.66. The van der Waals surface area contributed by atoms with Crippen LogP contribution in [-0.4, -0.2) is 16.4 Å². The standard InChI is InChI=1S/C15H20N4O/c1-19-10-13(9-17-19)14(18-16)4-2-11-3-5-15-12(8-11)6-7-20-15/h3,5,8-10,14,18H,2,4,6-7,16H2,1H3. The summed E-state index contributed by atoms with van der Waals surface area (Å²) in [5.74, 6) is 6.70. The molecule has 1 atom stereocenters. The summed E-state index contributed by atoms with van der Waals surface area (Å²) in [6.45, 7) is 0.807. The highest BCUT2D eigenvalue weighted by molar-refractivity contribution is 5.39. The quantitative estimate of drug-likeness (QED) is 0.639. The van der Waals surface area contributed by atoms with E-state index in [0.29, 0.717) is 0 Å². The van der Waals surface area contributed by atoms with Gasteiger partial charge in [-0.25, -0.2) is 0 Å². The number of fused-ring (bicyclic) bond motifs is 1. The Labute approximate surface area is 118 Å². The molecule has 1 aromatic carbocycles. The van der Waals surface area contributed by atoms with Gasteiger partial charge < -0.3 is 4.74 Å². The molecule has 1 unspecified atom stereocenters. The molecule has 1 aliphatic heterocycles. The van der Waals surface area contributed by atoms with E-state index < -0.39 is 0 Å². The fraction of sp³-hybridized carbons (Fsp3) is 0.400. The van der Waals surface area contributed by atoms with E-state index in [0.717, 1.165) is 37.2 Å². The van der Waals surface area contributed by atoms with Crippen LogP contribution in [0, 0.1) is 0 Å². The number of nitrogens with one attached hydrogen (secondary N) is 1. The van der Waals surface area contributed by atoms with Gasteiger partial charge in [0.05, 0.1) is 12.8 Å². The van der Waals surface area contributed by atoms with Crippen molar-refractivity contribution in [1.29, 1.82) is 0 Å². The Bertz CT molecular complexity index is 593. The third kappa shape index (κ3) is 2.69. The van der Waals surface area contributed by atoms with Crippen LogP contribution in [-0.2, 0) is 19.9 Å². The van der Waals surface area contributed by atoms with Gasteiger partial charge >= 0.3 is 0 Å². The van der Waals surface area contributed by atoms with Crippen LogP contribution >= 0.6 is 0 Å². The van der Waals surface area contributed by atoms with Gasteiger partial charge in [-0.2, -0.15) is 5.10 Å². The Hall–Kier alpha value is -1.85. The Morgan fingerprint density at radius 1 is 1.50 bits per heavy atom. The lowest BCUT2D eigenvalue weighted by atomic mass is 10.00. The van der Waals surface area contributed by atoms with Crippen molar-refractivity contribution >= 4 is 0 Å². The highest BCUT2D eigenvalue weighted by Gasteiger charge is 2.14. The summed E-state index contributed by atoms with van der Waals surface area (Å²) in [5, 5.41) is 4.19. The van der Waals surface area contributed by atoms with Gasteiger partial charge in [0.1, 0.15) is 5.75 Å². The second kappa shape index (κ2) is 5.64. The van der Waals surface area contributed by atoms with Gasteiger partial charge in [-0.15, -0.1) is 0 Å². The average Bonchev–Trinajstić information content (AvgIpc) is 3.08. The molecule has 106 valence electrons. The van der Waals surface area contributed by atoms with Crippen LogP contribution in [0.15, 0.2) is 30.6 Å². The number of rotatable bonds is 5. The van der Waals surface area contributed by atoms with Crippen molar-refractivity contribution in [2.45, 2.75) is 25.3 Å². The monoisotopic (exact) mass is 272 g/mol. The minimum absolute atomic E-state index is 0.133. The molecule has 0 fully saturated rings. The first-order chi connectivity index (χ1) is 9.76. The topological polar surface area (TPSA) is 65.1 Å². The second-order valence-electron chi connectivity index (χ2n) is 5.25. The maximum absolute atomic E-state index is 5.66. The molecule has 0 spiro atoms. The zero-order valence-corrected chi connectivity index (χ0v) is 11.7. The molecule has 0 aliphatic carbocycles. The van der Waals surface area contributed by atoms with Crippen molar-refractivity contribution in [3.63, 3.8) is 0 Å². The van der Waals surface area contributed by atoms with E-state index in [1.165, 1.54) is 11.1 Å². The van der Waals surface area contributed by atoms with Crippen LogP contribution in [0.2, 0.25) is 0 Å². The molecule has 0 radical (unpaired) electrons.